The van der Waals surface area contributed by atoms with E-state index in [-0.39, 0.29) is 5.78 Å². The van der Waals surface area contributed by atoms with Gasteiger partial charge in [0.1, 0.15) is 12.4 Å². The van der Waals surface area contributed by atoms with Crippen LogP contribution in [0.2, 0.25) is 5.02 Å². The van der Waals surface area contributed by atoms with Gasteiger partial charge < -0.3 is 4.74 Å². The maximum Gasteiger partial charge on any atom is 0.196 e. The lowest BCUT2D eigenvalue weighted by atomic mass is 10.0. The molecule has 0 atom stereocenters. The second-order valence-corrected chi connectivity index (χ2v) is 4.37. The molecular weight excluding hydrogens is 260 g/mol. The summed E-state index contributed by atoms with van der Waals surface area (Å²) in [5, 5.41) is 0.604. The maximum atomic E-state index is 12.4. The molecule has 2 rings (SSSR count). The first kappa shape index (κ1) is 13.4. The number of ketones is 1. The lowest BCUT2D eigenvalue weighted by molar-refractivity contribution is 0.103. The zero-order valence-electron chi connectivity index (χ0n) is 10.3. The molecule has 2 aromatic carbocycles. The van der Waals surface area contributed by atoms with Gasteiger partial charge in [0.15, 0.2) is 5.78 Å². The highest BCUT2D eigenvalue weighted by Crippen LogP contribution is 2.22. The quantitative estimate of drug-likeness (QED) is 0.604. The van der Waals surface area contributed by atoms with Gasteiger partial charge in [0.05, 0.1) is 5.56 Å². The third-order valence-electron chi connectivity index (χ3n) is 2.59. The van der Waals surface area contributed by atoms with Crippen molar-refractivity contribution in [3.63, 3.8) is 0 Å². The number of hydrogen-bond acceptors (Lipinski definition) is 2. The van der Waals surface area contributed by atoms with Crippen LogP contribution in [0.5, 0.6) is 5.75 Å². The molecule has 0 aliphatic carbocycles. The summed E-state index contributed by atoms with van der Waals surface area (Å²) in [4.78, 5) is 12.4. The fourth-order valence-electron chi connectivity index (χ4n) is 1.69. The van der Waals surface area contributed by atoms with E-state index in [1.165, 1.54) is 0 Å². The van der Waals surface area contributed by atoms with E-state index in [4.69, 9.17) is 16.3 Å². The number of ether oxygens (including phenoxy) is 1. The normalized spacial score (nSPS) is 9.95. The Morgan fingerprint density at radius 1 is 1.16 bits per heavy atom. The lowest BCUT2D eigenvalue weighted by Gasteiger charge is -2.09. The predicted octanol–water partition coefficient (Wildman–Crippen LogP) is 4.14. The van der Waals surface area contributed by atoms with Crippen LogP contribution in [-0.2, 0) is 0 Å². The van der Waals surface area contributed by atoms with E-state index >= 15 is 0 Å². The Hall–Kier alpha value is -2.06. The Morgan fingerprint density at radius 2 is 1.84 bits per heavy atom. The van der Waals surface area contributed by atoms with Crippen molar-refractivity contribution in [1.29, 1.82) is 0 Å². The summed E-state index contributed by atoms with van der Waals surface area (Å²) in [6.07, 6.45) is 1.64. The van der Waals surface area contributed by atoms with E-state index in [0.717, 1.165) is 0 Å². The van der Waals surface area contributed by atoms with Crippen LogP contribution >= 0.6 is 11.6 Å². The molecule has 0 unspecified atom stereocenters. The molecule has 2 nitrogen and oxygen atoms in total. The van der Waals surface area contributed by atoms with Crippen molar-refractivity contribution in [2.75, 3.05) is 6.61 Å². The molecule has 3 heteroatoms. The van der Waals surface area contributed by atoms with Crippen LogP contribution < -0.4 is 4.74 Å². The first-order valence-corrected chi connectivity index (χ1v) is 6.23. The van der Waals surface area contributed by atoms with Gasteiger partial charge in [-0.3, -0.25) is 4.79 Å². The molecule has 0 spiro atoms. The molecule has 96 valence electrons. The second-order valence-electron chi connectivity index (χ2n) is 3.93. The zero-order valence-corrected chi connectivity index (χ0v) is 11.1. The summed E-state index contributed by atoms with van der Waals surface area (Å²) in [7, 11) is 0. The zero-order chi connectivity index (χ0) is 13.7. The molecule has 0 heterocycles. The third kappa shape index (κ3) is 3.24. The average Bonchev–Trinajstić information content (AvgIpc) is 2.45. The van der Waals surface area contributed by atoms with Crippen LogP contribution in [0, 0.1) is 0 Å². The molecule has 0 saturated heterocycles. The summed E-state index contributed by atoms with van der Waals surface area (Å²) in [6, 6.07) is 14.0. The number of para-hydroxylation sites is 1. The van der Waals surface area contributed by atoms with Crippen molar-refractivity contribution < 1.29 is 9.53 Å². The Labute approximate surface area is 117 Å². The number of rotatable bonds is 5. The Kier molecular flexibility index (Phi) is 4.37. The van der Waals surface area contributed by atoms with Gasteiger partial charge in [-0.15, -0.1) is 0 Å². The molecule has 0 bridgehead atoms. The summed E-state index contributed by atoms with van der Waals surface area (Å²) >= 11 is 5.82. The molecule has 0 saturated carbocycles. The van der Waals surface area contributed by atoms with Gasteiger partial charge in [-0.05, 0) is 36.4 Å². The number of hydrogen-bond donors (Lipinski definition) is 0. The minimum Gasteiger partial charge on any atom is -0.489 e. The molecular formula is C16H13ClO2. The number of halogens is 1. The van der Waals surface area contributed by atoms with Crippen molar-refractivity contribution in [3.05, 3.63) is 77.3 Å². The Morgan fingerprint density at radius 3 is 2.53 bits per heavy atom. The highest BCUT2D eigenvalue weighted by molar-refractivity contribution is 6.30. The fourth-order valence-corrected chi connectivity index (χ4v) is 1.81. The molecule has 0 amide bonds. The van der Waals surface area contributed by atoms with Gasteiger partial charge in [0.25, 0.3) is 0 Å². The SMILES string of the molecule is C=CCOc1ccccc1C(=O)c1ccc(Cl)cc1. The van der Waals surface area contributed by atoms with Gasteiger partial charge in [0.2, 0.25) is 0 Å². The Bertz CT molecular complexity index is 588. The molecule has 0 radical (unpaired) electrons. The number of carbonyl (C=O) groups excluding carboxylic acids is 1. The predicted molar refractivity (Wildman–Crippen MR) is 77.0 cm³/mol. The first-order valence-electron chi connectivity index (χ1n) is 5.85. The van der Waals surface area contributed by atoms with E-state index in [1.807, 2.05) is 12.1 Å². The summed E-state index contributed by atoms with van der Waals surface area (Å²) in [6.45, 7) is 3.96. The fraction of sp³-hybridized carbons (Fsp3) is 0.0625. The molecule has 19 heavy (non-hydrogen) atoms. The van der Waals surface area contributed by atoms with E-state index < -0.39 is 0 Å². The van der Waals surface area contributed by atoms with E-state index in [1.54, 1.807) is 42.5 Å². The molecule has 0 fully saturated rings. The lowest BCUT2D eigenvalue weighted by Crippen LogP contribution is -2.05. The van der Waals surface area contributed by atoms with E-state index in [0.29, 0.717) is 28.5 Å². The van der Waals surface area contributed by atoms with E-state index in [9.17, 15) is 4.79 Å². The molecule has 0 aliphatic rings. The van der Waals surface area contributed by atoms with E-state index in [2.05, 4.69) is 6.58 Å². The topological polar surface area (TPSA) is 26.3 Å². The van der Waals surface area contributed by atoms with Gasteiger partial charge >= 0.3 is 0 Å². The van der Waals surface area contributed by atoms with Gasteiger partial charge in [-0.25, -0.2) is 0 Å². The van der Waals surface area contributed by atoms with Gasteiger partial charge in [-0.1, -0.05) is 36.4 Å². The molecule has 0 aromatic heterocycles. The third-order valence-corrected chi connectivity index (χ3v) is 2.85. The minimum atomic E-state index is -0.0867. The number of benzene rings is 2. The van der Waals surface area contributed by atoms with Crippen LogP contribution in [-0.4, -0.2) is 12.4 Å². The second kappa shape index (κ2) is 6.21. The molecule has 0 N–H and O–H groups in total. The van der Waals surface area contributed by atoms with Crippen LogP contribution in [0.3, 0.4) is 0 Å². The molecule has 2 aromatic rings. The van der Waals surface area contributed by atoms with Crippen molar-refractivity contribution in [2.24, 2.45) is 0 Å². The monoisotopic (exact) mass is 272 g/mol. The standard InChI is InChI=1S/C16H13ClO2/c1-2-11-19-15-6-4-3-5-14(15)16(18)12-7-9-13(17)10-8-12/h2-10H,1,11H2. The first-order chi connectivity index (χ1) is 9.22. The Balaban J connectivity index is 2.32. The highest BCUT2D eigenvalue weighted by atomic mass is 35.5. The van der Waals surface area contributed by atoms with Crippen LogP contribution in [0.25, 0.3) is 0 Å². The summed E-state index contributed by atoms with van der Waals surface area (Å²) in [5.41, 5.74) is 1.12. The van der Waals surface area contributed by atoms with Crippen molar-refractivity contribution in [1.82, 2.24) is 0 Å². The van der Waals surface area contributed by atoms with Crippen LogP contribution in [0.1, 0.15) is 15.9 Å². The van der Waals surface area contributed by atoms with Crippen LogP contribution in [0.4, 0.5) is 0 Å². The van der Waals surface area contributed by atoms with Crippen LogP contribution in [0.15, 0.2) is 61.2 Å². The van der Waals surface area contributed by atoms with Gasteiger partial charge in [0, 0.05) is 10.6 Å². The minimum absolute atomic E-state index is 0.0867. The smallest absolute Gasteiger partial charge is 0.196 e. The summed E-state index contributed by atoms with van der Waals surface area (Å²) in [5.74, 6) is 0.471. The largest absolute Gasteiger partial charge is 0.489 e. The van der Waals surface area contributed by atoms with Crippen molar-refractivity contribution in [2.45, 2.75) is 0 Å². The van der Waals surface area contributed by atoms with Gasteiger partial charge in [-0.2, -0.15) is 0 Å². The van der Waals surface area contributed by atoms with Crippen molar-refractivity contribution in [3.8, 4) is 5.75 Å². The average molecular weight is 273 g/mol. The highest BCUT2D eigenvalue weighted by Gasteiger charge is 2.13. The van der Waals surface area contributed by atoms with Crippen molar-refractivity contribution >= 4 is 17.4 Å². The molecule has 0 aliphatic heterocycles. The maximum absolute atomic E-state index is 12.4. The number of carbonyl (C=O) groups is 1. The summed E-state index contributed by atoms with van der Waals surface area (Å²) < 4.78 is 5.49.